The zero-order chi connectivity index (χ0) is 19.1. The molecule has 0 unspecified atom stereocenters. The fraction of sp³-hybridized carbons (Fsp3) is 0.458. The van der Waals surface area contributed by atoms with Crippen LogP contribution >= 0.6 is 0 Å². The predicted molar refractivity (Wildman–Crippen MR) is 106 cm³/mol. The van der Waals surface area contributed by atoms with E-state index in [4.69, 9.17) is 4.74 Å². The van der Waals surface area contributed by atoms with Crippen LogP contribution in [0.4, 0.5) is 4.39 Å². The van der Waals surface area contributed by atoms with Gasteiger partial charge in [0, 0.05) is 38.0 Å². The second kappa shape index (κ2) is 7.00. The lowest BCUT2D eigenvalue weighted by molar-refractivity contribution is -0.0110. The largest absolute Gasteiger partial charge is 0.486 e. The average molecular weight is 379 g/mol. The SMILES string of the molecule is O=C1CC2(CCN(Cc3ccccc3F)CC2)Oc2cc3c(cc21)CCCC3. The number of fused-ring (bicyclic) bond motifs is 2. The van der Waals surface area contributed by atoms with Crippen LogP contribution in [0.15, 0.2) is 36.4 Å². The first-order chi connectivity index (χ1) is 13.6. The number of halogens is 1. The van der Waals surface area contributed by atoms with Gasteiger partial charge >= 0.3 is 0 Å². The number of nitrogens with zero attached hydrogens (tertiary/aromatic N) is 1. The third-order valence-corrected chi connectivity index (χ3v) is 6.67. The lowest BCUT2D eigenvalue weighted by atomic mass is 9.80. The monoisotopic (exact) mass is 379 g/mol. The molecular formula is C24H26FNO2. The van der Waals surface area contributed by atoms with Gasteiger partial charge in [-0.25, -0.2) is 4.39 Å². The third-order valence-electron chi connectivity index (χ3n) is 6.67. The highest BCUT2D eigenvalue weighted by Crippen LogP contribution is 2.41. The van der Waals surface area contributed by atoms with Crippen molar-refractivity contribution in [2.45, 2.75) is 57.1 Å². The average Bonchev–Trinajstić information content (AvgIpc) is 2.70. The Kier molecular flexibility index (Phi) is 4.47. The molecular weight excluding hydrogens is 353 g/mol. The molecule has 3 aliphatic rings. The van der Waals surface area contributed by atoms with Crippen molar-refractivity contribution in [2.75, 3.05) is 13.1 Å². The van der Waals surface area contributed by atoms with E-state index >= 15 is 0 Å². The molecule has 2 heterocycles. The zero-order valence-electron chi connectivity index (χ0n) is 16.2. The van der Waals surface area contributed by atoms with E-state index in [1.54, 1.807) is 6.07 Å². The number of carbonyl (C=O) groups is 1. The molecule has 28 heavy (non-hydrogen) atoms. The number of ketones is 1. The Morgan fingerprint density at radius 3 is 2.50 bits per heavy atom. The number of ether oxygens (including phenoxy) is 1. The normalized spacial score (nSPS) is 21.1. The molecule has 1 saturated heterocycles. The van der Waals surface area contributed by atoms with Crippen LogP contribution in [0.1, 0.15) is 59.2 Å². The van der Waals surface area contributed by atoms with Gasteiger partial charge in [0.1, 0.15) is 17.2 Å². The van der Waals surface area contributed by atoms with Crippen LogP contribution in [0.2, 0.25) is 0 Å². The van der Waals surface area contributed by atoms with Gasteiger partial charge in [-0.3, -0.25) is 9.69 Å². The Hall–Kier alpha value is -2.20. The fourth-order valence-corrected chi connectivity index (χ4v) is 4.99. The van der Waals surface area contributed by atoms with E-state index in [0.717, 1.165) is 55.6 Å². The molecule has 146 valence electrons. The standard InChI is InChI=1S/C24H26FNO2/c25-21-8-4-3-7-19(21)16-26-11-9-24(10-12-26)15-22(27)20-13-17-5-1-2-6-18(17)14-23(20)28-24/h3-4,7-8,13-14H,1-2,5-6,9-12,15-16H2. The Morgan fingerprint density at radius 2 is 1.75 bits per heavy atom. The van der Waals surface area contributed by atoms with E-state index in [1.165, 1.54) is 30.0 Å². The fourth-order valence-electron chi connectivity index (χ4n) is 4.99. The van der Waals surface area contributed by atoms with E-state index in [0.29, 0.717) is 13.0 Å². The lowest BCUT2D eigenvalue weighted by Crippen LogP contribution is -2.50. The molecule has 0 aromatic heterocycles. The maximum atomic E-state index is 14.0. The summed E-state index contributed by atoms with van der Waals surface area (Å²) in [6.45, 7) is 2.25. The summed E-state index contributed by atoms with van der Waals surface area (Å²) in [5, 5.41) is 0. The van der Waals surface area contributed by atoms with E-state index in [2.05, 4.69) is 17.0 Å². The summed E-state index contributed by atoms with van der Waals surface area (Å²) < 4.78 is 20.4. The van der Waals surface area contributed by atoms with E-state index in [9.17, 15) is 9.18 Å². The first-order valence-corrected chi connectivity index (χ1v) is 10.5. The number of Topliss-reactive ketones (excluding diaryl/α,β-unsaturated/α-hetero) is 1. The smallest absolute Gasteiger partial charge is 0.170 e. The van der Waals surface area contributed by atoms with Crippen LogP contribution in [0.25, 0.3) is 0 Å². The summed E-state index contributed by atoms with van der Waals surface area (Å²) in [4.78, 5) is 15.2. The molecule has 5 rings (SSSR count). The number of carbonyl (C=O) groups excluding carboxylic acids is 1. The van der Waals surface area contributed by atoms with Crippen molar-refractivity contribution in [1.82, 2.24) is 4.90 Å². The molecule has 0 atom stereocenters. The van der Waals surface area contributed by atoms with Gasteiger partial charge in [0.25, 0.3) is 0 Å². The molecule has 0 N–H and O–H groups in total. The van der Waals surface area contributed by atoms with Gasteiger partial charge in [-0.2, -0.15) is 0 Å². The maximum absolute atomic E-state index is 14.0. The highest BCUT2D eigenvalue weighted by atomic mass is 19.1. The van der Waals surface area contributed by atoms with Gasteiger partial charge in [-0.15, -0.1) is 0 Å². The third kappa shape index (κ3) is 3.24. The molecule has 0 saturated carbocycles. The van der Waals surface area contributed by atoms with Gasteiger partial charge in [0.05, 0.1) is 12.0 Å². The first kappa shape index (κ1) is 17.9. The van der Waals surface area contributed by atoms with E-state index < -0.39 is 5.60 Å². The van der Waals surface area contributed by atoms with Gasteiger partial charge in [-0.05, 0) is 55.0 Å². The minimum atomic E-state index is -0.390. The first-order valence-electron chi connectivity index (χ1n) is 10.5. The molecule has 0 amide bonds. The Morgan fingerprint density at radius 1 is 1.04 bits per heavy atom. The number of benzene rings is 2. The van der Waals surface area contributed by atoms with Gasteiger partial charge in [-0.1, -0.05) is 18.2 Å². The van der Waals surface area contributed by atoms with Crippen molar-refractivity contribution < 1.29 is 13.9 Å². The van der Waals surface area contributed by atoms with Crippen LogP contribution in [0.5, 0.6) is 5.75 Å². The van der Waals surface area contributed by atoms with Gasteiger partial charge < -0.3 is 4.74 Å². The number of hydrogen-bond acceptors (Lipinski definition) is 3. The van der Waals surface area contributed by atoms with Crippen molar-refractivity contribution >= 4 is 5.78 Å². The second-order valence-electron chi connectivity index (χ2n) is 8.58. The Balaban J connectivity index is 1.31. The quantitative estimate of drug-likeness (QED) is 0.757. The predicted octanol–water partition coefficient (Wildman–Crippen LogP) is 4.70. The van der Waals surface area contributed by atoms with E-state index in [1.807, 2.05) is 12.1 Å². The summed E-state index contributed by atoms with van der Waals surface area (Å²) in [5.74, 6) is 0.863. The summed E-state index contributed by atoms with van der Waals surface area (Å²) in [7, 11) is 0. The highest BCUT2D eigenvalue weighted by Gasteiger charge is 2.43. The topological polar surface area (TPSA) is 29.5 Å². The van der Waals surface area contributed by atoms with Crippen molar-refractivity contribution in [3.05, 3.63) is 64.5 Å². The minimum absolute atomic E-state index is 0.148. The zero-order valence-corrected chi connectivity index (χ0v) is 16.2. The molecule has 0 bridgehead atoms. The summed E-state index contributed by atoms with van der Waals surface area (Å²) >= 11 is 0. The summed E-state index contributed by atoms with van der Waals surface area (Å²) in [6, 6.07) is 11.2. The second-order valence-corrected chi connectivity index (χ2v) is 8.58. The van der Waals surface area contributed by atoms with E-state index in [-0.39, 0.29) is 11.6 Å². The van der Waals surface area contributed by atoms with Gasteiger partial charge in [0.15, 0.2) is 5.78 Å². The summed E-state index contributed by atoms with van der Waals surface area (Å²) in [5.41, 5.74) is 3.80. The molecule has 2 aromatic rings. The Labute approximate surface area is 165 Å². The number of piperidine rings is 1. The number of likely N-dealkylation sites (tertiary alicyclic amines) is 1. The number of aryl methyl sites for hydroxylation is 2. The van der Waals surface area contributed by atoms with Crippen LogP contribution in [0.3, 0.4) is 0 Å². The van der Waals surface area contributed by atoms with Crippen molar-refractivity contribution in [2.24, 2.45) is 0 Å². The molecule has 4 heteroatoms. The van der Waals surface area contributed by atoms with Crippen LogP contribution in [-0.4, -0.2) is 29.4 Å². The van der Waals surface area contributed by atoms with Crippen molar-refractivity contribution in [3.8, 4) is 5.75 Å². The lowest BCUT2D eigenvalue weighted by Gasteiger charge is -2.44. The number of hydrogen-bond donors (Lipinski definition) is 0. The minimum Gasteiger partial charge on any atom is -0.486 e. The Bertz CT molecular complexity index is 915. The molecule has 1 fully saturated rings. The number of rotatable bonds is 2. The van der Waals surface area contributed by atoms with Crippen molar-refractivity contribution in [1.29, 1.82) is 0 Å². The molecule has 1 aliphatic carbocycles. The molecule has 2 aliphatic heterocycles. The maximum Gasteiger partial charge on any atom is 0.170 e. The molecule has 1 spiro atoms. The van der Waals surface area contributed by atoms with Crippen LogP contribution in [0, 0.1) is 5.82 Å². The highest BCUT2D eigenvalue weighted by molar-refractivity contribution is 6.00. The van der Waals surface area contributed by atoms with Gasteiger partial charge in [0.2, 0.25) is 0 Å². The van der Waals surface area contributed by atoms with Crippen LogP contribution in [-0.2, 0) is 19.4 Å². The summed E-state index contributed by atoms with van der Waals surface area (Å²) in [6.07, 6.45) is 6.67. The molecule has 0 radical (unpaired) electrons. The van der Waals surface area contributed by atoms with Crippen molar-refractivity contribution in [3.63, 3.8) is 0 Å². The molecule has 2 aromatic carbocycles. The molecule has 3 nitrogen and oxygen atoms in total. The van der Waals surface area contributed by atoms with Crippen LogP contribution < -0.4 is 4.74 Å².